The van der Waals surface area contributed by atoms with Crippen LogP contribution in [0.2, 0.25) is 5.02 Å². The van der Waals surface area contributed by atoms with Crippen molar-refractivity contribution in [3.8, 4) is 5.75 Å². The van der Waals surface area contributed by atoms with E-state index >= 15 is 0 Å². The Kier molecular flexibility index (Phi) is 5.35. The van der Waals surface area contributed by atoms with Crippen molar-refractivity contribution in [1.29, 1.82) is 0 Å². The minimum Gasteiger partial charge on any atom is -0.492 e. The normalized spacial score (nSPS) is 21.4. The first kappa shape index (κ1) is 18.3. The molecule has 27 heavy (non-hydrogen) atoms. The quantitative estimate of drug-likeness (QED) is 0.763. The number of nitrogens with zero attached hydrogens (tertiary/aromatic N) is 2. The molecule has 4 rings (SSSR count). The first-order valence-electron chi connectivity index (χ1n) is 9.76. The number of piperidine rings is 1. The van der Waals surface area contributed by atoms with Gasteiger partial charge in [0.05, 0.1) is 18.2 Å². The second-order valence-electron chi connectivity index (χ2n) is 7.70. The first-order valence-corrected chi connectivity index (χ1v) is 10.1. The number of halogens is 1. The van der Waals surface area contributed by atoms with Crippen LogP contribution in [0, 0.1) is 5.92 Å². The molecule has 142 valence electrons. The fourth-order valence-corrected chi connectivity index (χ4v) is 4.39. The third-order valence-corrected chi connectivity index (χ3v) is 6.19. The van der Waals surface area contributed by atoms with Crippen LogP contribution < -0.4 is 4.74 Å². The highest BCUT2D eigenvalue weighted by atomic mass is 35.5. The standard InChI is InChI=1S/C22H25ClN2O2/c23-19-8-6-18(7-9-19)22(10-3-11-22)21(26)25-13-2-4-17(15-25)16-27-20-5-1-12-24-14-20/h1,5-9,12,14,17H,2-4,10-11,13,15-16H2. The summed E-state index contributed by atoms with van der Waals surface area (Å²) in [6, 6.07) is 11.6. The summed E-state index contributed by atoms with van der Waals surface area (Å²) < 4.78 is 5.88. The molecule has 2 heterocycles. The number of hydrogen-bond acceptors (Lipinski definition) is 3. The third kappa shape index (κ3) is 3.81. The van der Waals surface area contributed by atoms with Crippen molar-refractivity contribution < 1.29 is 9.53 Å². The Morgan fingerprint density at radius 2 is 2.04 bits per heavy atom. The second kappa shape index (κ2) is 7.89. The summed E-state index contributed by atoms with van der Waals surface area (Å²) in [5, 5.41) is 0.714. The average Bonchev–Trinajstić information content (AvgIpc) is 2.68. The van der Waals surface area contributed by atoms with E-state index in [2.05, 4.69) is 9.88 Å². The zero-order chi connectivity index (χ0) is 18.7. The lowest BCUT2D eigenvalue weighted by Gasteiger charge is -2.46. The average molecular weight is 385 g/mol. The molecule has 2 aliphatic rings. The summed E-state index contributed by atoms with van der Waals surface area (Å²) in [4.78, 5) is 19.6. The minimum absolute atomic E-state index is 0.280. The van der Waals surface area contributed by atoms with Crippen LogP contribution in [0.4, 0.5) is 0 Å². The van der Waals surface area contributed by atoms with Crippen LogP contribution in [0.3, 0.4) is 0 Å². The van der Waals surface area contributed by atoms with E-state index in [1.165, 1.54) is 0 Å². The van der Waals surface area contributed by atoms with Gasteiger partial charge in [0.1, 0.15) is 5.75 Å². The van der Waals surface area contributed by atoms with Crippen LogP contribution in [0.5, 0.6) is 5.75 Å². The molecule has 1 aliphatic heterocycles. The zero-order valence-electron chi connectivity index (χ0n) is 15.4. The number of benzene rings is 1. The van der Waals surface area contributed by atoms with Gasteiger partial charge in [-0.25, -0.2) is 0 Å². The molecule has 5 heteroatoms. The van der Waals surface area contributed by atoms with Crippen LogP contribution in [0.25, 0.3) is 0 Å². The molecule has 1 aromatic heterocycles. The summed E-state index contributed by atoms with van der Waals surface area (Å²) in [7, 11) is 0. The molecule has 1 aliphatic carbocycles. The minimum atomic E-state index is -0.351. The highest BCUT2D eigenvalue weighted by molar-refractivity contribution is 6.30. The van der Waals surface area contributed by atoms with Crippen molar-refractivity contribution in [2.75, 3.05) is 19.7 Å². The van der Waals surface area contributed by atoms with Crippen molar-refractivity contribution >= 4 is 17.5 Å². The number of ether oxygens (including phenoxy) is 1. The topological polar surface area (TPSA) is 42.4 Å². The van der Waals surface area contributed by atoms with Gasteiger partial charge in [0, 0.05) is 30.2 Å². The molecule has 1 saturated carbocycles. The number of amides is 1. The number of rotatable bonds is 5. The molecule has 1 saturated heterocycles. The maximum atomic E-state index is 13.4. The van der Waals surface area contributed by atoms with Crippen molar-refractivity contribution in [3.63, 3.8) is 0 Å². The first-order chi connectivity index (χ1) is 13.2. The third-order valence-electron chi connectivity index (χ3n) is 5.94. The van der Waals surface area contributed by atoms with Crippen molar-refractivity contribution in [2.45, 2.75) is 37.5 Å². The maximum absolute atomic E-state index is 13.4. The van der Waals surface area contributed by atoms with Gasteiger partial charge >= 0.3 is 0 Å². The van der Waals surface area contributed by atoms with Crippen molar-refractivity contribution in [3.05, 3.63) is 59.4 Å². The predicted molar refractivity (Wildman–Crippen MR) is 106 cm³/mol. The predicted octanol–water partition coefficient (Wildman–Crippen LogP) is 4.47. The molecule has 0 radical (unpaired) electrons. The molecule has 1 amide bonds. The Balaban J connectivity index is 1.42. The monoisotopic (exact) mass is 384 g/mol. The molecule has 1 atom stereocenters. The largest absolute Gasteiger partial charge is 0.492 e. The van der Waals surface area contributed by atoms with E-state index in [0.717, 1.165) is 56.5 Å². The van der Waals surface area contributed by atoms with Crippen LogP contribution in [-0.4, -0.2) is 35.5 Å². The van der Waals surface area contributed by atoms with E-state index in [1.807, 2.05) is 36.4 Å². The molecule has 0 spiro atoms. The highest BCUT2D eigenvalue weighted by Crippen LogP contribution is 2.46. The Bertz CT molecular complexity index is 775. The van der Waals surface area contributed by atoms with Gasteiger partial charge in [-0.3, -0.25) is 9.78 Å². The number of likely N-dealkylation sites (tertiary alicyclic amines) is 1. The SMILES string of the molecule is O=C(N1CCCC(COc2cccnc2)C1)C1(c2ccc(Cl)cc2)CCC1. The van der Waals surface area contributed by atoms with E-state index in [9.17, 15) is 4.79 Å². The van der Waals surface area contributed by atoms with E-state index in [0.29, 0.717) is 17.5 Å². The van der Waals surface area contributed by atoms with Gasteiger partial charge < -0.3 is 9.64 Å². The molecular weight excluding hydrogens is 360 g/mol. The van der Waals surface area contributed by atoms with Gasteiger partial charge in [0.25, 0.3) is 0 Å². The summed E-state index contributed by atoms with van der Waals surface area (Å²) in [6.45, 7) is 2.25. The zero-order valence-corrected chi connectivity index (χ0v) is 16.2. The highest BCUT2D eigenvalue weighted by Gasteiger charge is 2.48. The molecule has 0 N–H and O–H groups in total. The molecule has 1 unspecified atom stereocenters. The molecule has 1 aromatic carbocycles. The summed E-state index contributed by atoms with van der Waals surface area (Å²) in [5.41, 5.74) is 0.758. The van der Waals surface area contributed by atoms with Gasteiger partial charge in [-0.1, -0.05) is 30.2 Å². The lowest BCUT2D eigenvalue weighted by Crippen LogP contribution is -2.54. The molecular formula is C22H25ClN2O2. The number of carbonyl (C=O) groups is 1. The lowest BCUT2D eigenvalue weighted by molar-refractivity contribution is -0.143. The number of carbonyl (C=O) groups excluding carboxylic acids is 1. The van der Waals surface area contributed by atoms with Crippen molar-refractivity contribution in [1.82, 2.24) is 9.88 Å². The van der Waals surface area contributed by atoms with E-state index < -0.39 is 0 Å². The fraction of sp³-hybridized carbons (Fsp3) is 0.455. The summed E-state index contributed by atoms with van der Waals surface area (Å²) in [5.74, 6) is 1.44. The van der Waals surface area contributed by atoms with Gasteiger partial charge in [-0.05, 0) is 55.5 Å². The van der Waals surface area contributed by atoms with E-state index in [4.69, 9.17) is 16.3 Å². The second-order valence-corrected chi connectivity index (χ2v) is 8.14. The smallest absolute Gasteiger partial charge is 0.233 e. The maximum Gasteiger partial charge on any atom is 0.233 e. The number of hydrogen-bond donors (Lipinski definition) is 0. The Morgan fingerprint density at radius 1 is 1.22 bits per heavy atom. The summed E-state index contributed by atoms with van der Waals surface area (Å²) >= 11 is 6.04. The molecule has 2 fully saturated rings. The van der Waals surface area contributed by atoms with Crippen LogP contribution in [0.1, 0.15) is 37.7 Å². The molecule has 2 aromatic rings. The fourth-order valence-electron chi connectivity index (χ4n) is 4.26. The number of pyridine rings is 1. The van der Waals surface area contributed by atoms with Gasteiger partial charge in [0.15, 0.2) is 0 Å². The van der Waals surface area contributed by atoms with E-state index in [1.54, 1.807) is 12.4 Å². The molecule has 4 nitrogen and oxygen atoms in total. The summed E-state index contributed by atoms with van der Waals surface area (Å²) in [6.07, 6.45) is 8.57. The Hall–Kier alpha value is -2.07. The van der Waals surface area contributed by atoms with Gasteiger partial charge in [-0.15, -0.1) is 0 Å². The van der Waals surface area contributed by atoms with E-state index in [-0.39, 0.29) is 11.3 Å². The van der Waals surface area contributed by atoms with Crippen LogP contribution >= 0.6 is 11.6 Å². The van der Waals surface area contributed by atoms with Gasteiger partial charge in [-0.2, -0.15) is 0 Å². The van der Waals surface area contributed by atoms with Crippen LogP contribution in [0.15, 0.2) is 48.8 Å². The number of aromatic nitrogens is 1. The molecule has 0 bridgehead atoms. The van der Waals surface area contributed by atoms with Crippen molar-refractivity contribution in [2.24, 2.45) is 5.92 Å². The van der Waals surface area contributed by atoms with Gasteiger partial charge in [0.2, 0.25) is 5.91 Å². The Morgan fingerprint density at radius 3 is 2.70 bits per heavy atom. The lowest BCUT2D eigenvalue weighted by atomic mass is 9.63. The van der Waals surface area contributed by atoms with Crippen LogP contribution in [-0.2, 0) is 10.2 Å². The Labute approximate surface area is 165 Å².